The predicted octanol–water partition coefficient (Wildman–Crippen LogP) is 6.58. The van der Waals surface area contributed by atoms with Crippen molar-refractivity contribution in [1.82, 2.24) is 9.80 Å². The van der Waals surface area contributed by atoms with Crippen molar-refractivity contribution in [2.45, 2.75) is 139 Å². The molecule has 54 heavy (non-hydrogen) atoms. The zero-order valence-electron chi connectivity index (χ0n) is 31.3. The smallest absolute Gasteiger partial charge is 0.449 e. The summed E-state index contributed by atoms with van der Waals surface area (Å²) in [6.07, 6.45) is -7.79. The summed E-state index contributed by atoms with van der Waals surface area (Å²) in [5.74, 6) is -7.31. The molecule has 4 bridgehead atoms. The molecule has 0 aromatic rings. The van der Waals surface area contributed by atoms with E-state index in [4.69, 9.17) is 43.2 Å². The molecule has 2 aliphatic carbocycles. The van der Waals surface area contributed by atoms with E-state index in [1.807, 2.05) is 9.80 Å². The number of allylic oxidation sites excluding steroid dienone is 1. The fourth-order valence-electron chi connectivity index (χ4n) is 11.7. The van der Waals surface area contributed by atoms with Crippen LogP contribution >= 0.6 is 0 Å². The average molecular weight is 783 g/mol. The third-order valence-electron chi connectivity index (χ3n) is 14.6. The molecular weight excluding hydrogens is 730 g/mol. The van der Waals surface area contributed by atoms with Crippen molar-refractivity contribution in [2.24, 2.45) is 35.5 Å². The quantitative estimate of drug-likeness (QED) is 0.217. The number of rotatable bonds is 6. The summed E-state index contributed by atoms with van der Waals surface area (Å²) in [6, 6.07) is 0. The van der Waals surface area contributed by atoms with Gasteiger partial charge >= 0.3 is 12.4 Å². The van der Waals surface area contributed by atoms with Gasteiger partial charge in [0.25, 0.3) is 5.79 Å². The van der Waals surface area contributed by atoms with Gasteiger partial charge in [-0.3, -0.25) is 9.80 Å². The number of nitrogens with zero attached hydrogens (tertiary/aromatic N) is 2. The molecule has 0 amide bonds. The zero-order chi connectivity index (χ0) is 38.1. The van der Waals surface area contributed by atoms with Crippen LogP contribution < -0.4 is 0 Å². The monoisotopic (exact) mass is 782 g/mol. The van der Waals surface area contributed by atoms with E-state index in [1.54, 1.807) is 13.8 Å². The summed E-state index contributed by atoms with van der Waals surface area (Å²) in [5.41, 5.74) is -2.20. The molecular formula is C37H52F6N2O9. The van der Waals surface area contributed by atoms with E-state index in [0.29, 0.717) is 64.7 Å². The van der Waals surface area contributed by atoms with Crippen LogP contribution in [-0.2, 0) is 43.2 Å². The van der Waals surface area contributed by atoms with E-state index in [2.05, 4.69) is 13.8 Å². The van der Waals surface area contributed by atoms with Crippen molar-refractivity contribution in [3.05, 3.63) is 11.3 Å². The molecule has 17 heteroatoms. The summed E-state index contributed by atoms with van der Waals surface area (Å²) < 4.78 is 119. The highest BCUT2D eigenvalue weighted by atomic mass is 19.4. The van der Waals surface area contributed by atoms with Crippen LogP contribution in [0.3, 0.4) is 0 Å². The summed E-state index contributed by atoms with van der Waals surface area (Å²) >= 11 is 0. The normalized spacial score (nSPS) is 49.5. The van der Waals surface area contributed by atoms with Gasteiger partial charge < -0.3 is 23.7 Å². The Morgan fingerprint density at radius 2 is 1.30 bits per heavy atom. The van der Waals surface area contributed by atoms with Gasteiger partial charge in [-0.2, -0.15) is 26.3 Å². The Bertz CT molecular complexity index is 1490. The number of hydrogen-bond donors (Lipinski definition) is 0. The van der Waals surface area contributed by atoms with Crippen molar-refractivity contribution in [3.8, 4) is 0 Å². The Morgan fingerprint density at radius 1 is 0.704 bits per heavy atom. The molecule has 3 unspecified atom stereocenters. The number of hydrogen-bond acceptors (Lipinski definition) is 11. The summed E-state index contributed by atoms with van der Waals surface area (Å²) in [6.45, 7) is 9.11. The highest BCUT2D eigenvalue weighted by Gasteiger charge is 2.75. The molecule has 11 nitrogen and oxygen atoms in total. The molecule has 0 aromatic carbocycles. The van der Waals surface area contributed by atoms with Gasteiger partial charge in [0, 0.05) is 76.3 Å². The van der Waals surface area contributed by atoms with Crippen LogP contribution in [0.25, 0.3) is 0 Å². The molecule has 306 valence electrons. The lowest BCUT2D eigenvalue weighted by Crippen LogP contribution is -2.73. The molecule has 9 aliphatic heterocycles. The van der Waals surface area contributed by atoms with Crippen LogP contribution in [0.4, 0.5) is 26.3 Å². The lowest BCUT2D eigenvalue weighted by molar-refractivity contribution is -0.592. The fourth-order valence-corrected chi connectivity index (χ4v) is 11.7. The Balaban J connectivity index is 0.873. The first-order valence-corrected chi connectivity index (χ1v) is 19.8. The fraction of sp³-hybridized carbons (Fsp3) is 0.946. The molecule has 9 heterocycles. The first-order chi connectivity index (χ1) is 25.4. The molecule has 0 aromatic heterocycles. The molecule has 2 saturated carbocycles. The lowest BCUT2D eigenvalue weighted by atomic mass is 9.59. The van der Waals surface area contributed by atoms with E-state index in [0.717, 1.165) is 12.8 Å². The Kier molecular flexibility index (Phi) is 9.11. The van der Waals surface area contributed by atoms with Gasteiger partial charge in [-0.15, -0.1) is 0 Å². The van der Waals surface area contributed by atoms with Gasteiger partial charge in [0.2, 0.25) is 23.6 Å². The average Bonchev–Trinajstić information content (AvgIpc) is 3.48. The number of fused-ring (bicyclic) bond motifs is 4. The van der Waals surface area contributed by atoms with Gasteiger partial charge in [-0.05, 0) is 75.7 Å². The first kappa shape index (κ1) is 38.2. The highest BCUT2D eigenvalue weighted by molar-refractivity contribution is 5.29. The van der Waals surface area contributed by atoms with Gasteiger partial charge in [0.15, 0.2) is 17.5 Å². The second-order valence-corrected chi connectivity index (χ2v) is 17.9. The lowest BCUT2D eigenvalue weighted by Gasteiger charge is -2.60. The standard InChI is InChI=1S/C37H52F6N2O9/c1-21-5-7-23-19-33(37(41,42)43,50-30-34(23)25(21)9-11-32(4,49-30)51-53-34)46-18-17-44-13-15-45(16-14-44)20-24-27-8-6-22(2)26-10-12-31(3)48-29(35(26,27)54-52-31)47-28(24)36(38,39)40/h21-23,25-27,29-30H,5-20H2,1-4H3/t21-,22-,23+,25?,26?,27+,29-,30+,31-,32-,33-,34?,35-/m1/s1. The first-order valence-electron chi connectivity index (χ1n) is 19.8. The molecule has 8 saturated heterocycles. The van der Waals surface area contributed by atoms with Gasteiger partial charge in [0.1, 0.15) is 0 Å². The van der Waals surface area contributed by atoms with Crippen molar-refractivity contribution in [1.29, 1.82) is 0 Å². The minimum atomic E-state index is -4.85. The Hall–Kier alpha value is -1.28. The summed E-state index contributed by atoms with van der Waals surface area (Å²) in [4.78, 5) is 27.5. The third kappa shape index (κ3) is 5.82. The van der Waals surface area contributed by atoms with Crippen LogP contribution in [0.2, 0.25) is 0 Å². The molecule has 13 atom stereocenters. The van der Waals surface area contributed by atoms with E-state index in [-0.39, 0.29) is 48.9 Å². The van der Waals surface area contributed by atoms with E-state index in [1.165, 1.54) is 0 Å². The molecule has 2 spiro atoms. The SMILES string of the molecule is C[C@@H]1CC[C@H]2C[C@](OCCN3CCN(CC4=C(C(F)(F)F)O[C@@H]5O[C@@]6(C)CCC7[C@H](C)CC[C@@H]4[C@]75OO6)CC3)(C(F)(F)F)O[C@@H]3O[C@@]4(C)CCC1C23OO4. The number of halogens is 6. The van der Waals surface area contributed by atoms with E-state index < -0.39 is 77.5 Å². The van der Waals surface area contributed by atoms with Gasteiger partial charge in [0.05, 0.1) is 6.61 Å². The van der Waals surface area contributed by atoms with Crippen LogP contribution in [0.5, 0.6) is 0 Å². The summed E-state index contributed by atoms with van der Waals surface area (Å²) in [5, 5.41) is 0. The topological polar surface area (TPSA) is 89.6 Å². The number of alkyl halides is 6. The predicted molar refractivity (Wildman–Crippen MR) is 173 cm³/mol. The Labute approximate surface area is 311 Å². The van der Waals surface area contributed by atoms with Crippen LogP contribution in [0.1, 0.15) is 85.5 Å². The van der Waals surface area contributed by atoms with Crippen molar-refractivity contribution >= 4 is 0 Å². The molecule has 10 fully saturated rings. The van der Waals surface area contributed by atoms with Crippen LogP contribution in [0.15, 0.2) is 11.3 Å². The maximum absolute atomic E-state index is 15.0. The largest absolute Gasteiger partial charge is 0.456 e. The minimum Gasteiger partial charge on any atom is -0.456 e. The number of ether oxygens (including phenoxy) is 5. The van der Waals surface area contributed by atoms with Gasteiger partial charge in [-0.25, -0.2) is 19.6 Å². The Morgan fingerprint density at radius 3 is 1.94 bits per heavy atom. The molecule has 0 radical (unpaired) electrons. The second kappa shape index (κ2) is 12.9. The third-order valence-corrected chi connectivity index (χ3v) is 14.6. The molecule has 11 aliphatic rings. The van der Waals surface area contributed by atoms with Crippen LogP contribution in [0, 0.1) is 35.5 Å². The van der Waals surface area contributed by atoms with Crippen molar-refractivity contribution in [2.75, 3.05) is 45.9 Å². The van der Waals surface area contributed by atoms with Crippen molar-refractivity contribution in [3.63, 3.8) is 0 Å². The number of piperazine rings is 1. The molecule has 0 N–H and O–H groups in total. The maximum atomic E-state index is 15.0. The van der Waals surface area contributed by atoms with Crippen molar-refractivity contribution < 1.29 is 69.6 Å². The van der Waals surface area contributed by atoms with E-state index in [9.17, 15) is 13.2 Å². The minimum absolute atomic E-state index is 0.0138. The van der Waals surface area contributed by atoms with Gasteiger partial charge in [-0.1, -0.05) is 13.8 Å². The van der Waals surface area contributed by atoms with E-state index >= 15 is 13.2 Å². The zero-order valence-corrected chi connectivity index (χ0v) is 31.3. The summed E-state index contributed by atoms with van der Waals surface area (Å²) in [7, 11) is 0. The maximum Gasteiger partial charge on any atom is 0.449 e. The molecule has 11 rings (SSSR count). The van der Waals surface area contributed by atoms with Crippen LogP contribution in [-0.4, -0.2) is 109 Å². The second-order valence-electron chi connectivity index (χ2n) is 17.9. The highest BCUT2D eigenvalue weighted by Crippen LogP contribution is 2.64.